The maximum absolute atomic E-state index is 12.0. The van der Waals surface area contributed by atoms with Crippen LogP contribution in [0.1, 0.15) is 46.0 Å². The van der Waals surface area contributed by atoms with Crippen LogP contribution in [0.2, 0.25) is 0 Å². The molecular formula is C14H26N2O. The minimum absolute atomic E-state index is 0.294. The summed E-state index contributed by atoms with van der Waals surface area (Å²) in [5, 5.41) is 3.22. The number of likely N-dealkylation sites (tertiary alicyclic amines) is 1. The predicted octanol–water partition coefficient (Wildman–Crippen LogP) is 2.02. The maximum Gasteiger partial charge on any atom is 0.236 e. The molecule has 1 aliphatic heterocycles. The summed E-state index contributed by atoms with van der Waals surface area (Å²) in [6.45, 7) is 6.68. The number of nitrogens with zero attached hydrogens (tertiary/aromatic N) is 1. The van der Waals surface area contributed by atoms with Gasteiger partial charge in [0, 0.05) is 19.1 Å². The van der Waals surface area contributed by atoms with Gasteiger partial charge in [-0.15, -0.1) is 0 Å². The zero-order valence-corrected chi connectivity index (χ0v) is 11.2. The van der Waals surface area contributed by atoms with Crippen LogP contribution in [0.25, 0.3) is 0 Å². The number of fused-ring (bicyclic) bond motifs is 1. The van der Waals surface area contributed by atoms with Crippen molar-refractivity contribution in [2.24, 2.45) is 11.8 Å². The van der Waals surface area contributed by atoms with E-state index in [4.69, 9.17) is 0 Å². The van der Waals surface area contributed by atoms with Crippen molar-refractivity contribution in [3.05, 3.63) is 0 Å². The van der Waals surface area contributed by atoms with E-state index >= 15 is 0 Å². The van der Waals surface area contributed by atoms with Gasteiger partial charge in [0.1, 0.15) is 0 Å². The van der Waals surface area contributed by atoms with Gasteiger partial charge < -0.3 is 10.2 Å². The van der Waals surface area contributed by atoms with Gasteiger partial charge in [0.15, 0.2) is 0 Å². The molecular weight excluding hydrogens is 212 g/mol. The normalized spacial score (nSPS) is 29.2. The third-order valence-electron chi connectivity index (χ3n) is 4.31. The summed E-state index contributed by atoms with van der Waals surface area (Å²) in [5.74, 6) is 1.99. The SMILES string of the molecule is CC(C)NCC(=O)N1CCC2CCCCC2C1. The van der Waals surface area contributed by atoms with Crippen LogP contribution in [0.3, 0.4) is 0 Å². The van der Waals surface area contributed by atoms with Gasteiger partial charge in [-0.1, -0.05) is 33.1 Å². The van der Waals surface area contributed by atoms with Crippen molar-refractivity contribution in [2.75, 3.05) is 19.6 Å². The van der Waals surface area contributed by atoms with E-state index in [2.05, 4.69) is 24.1 Å². The second-order valence-electron chi connectivity index (χ2n) is 5.97. The molecule has 0 bridgehead atoms. The van der Waals surface area contributed by atoms with Crippen molar-refractivity contribution >= 4 is 5.91 Å². The van der Waals surface area contributed by atoms with E-state index in [1.54, 1.807) is 0 Å². The average Bonchev–Trinajstić information content (AvgIpc) is 2.35. The molecule has 1 aliphatic carbocycles. The highest BCUT2D eigenvalue weighted by atomic mass is 16.2. The summed E-state index contributed by atoms with van der Waals surface area (Å²) < 4.78 is 0. The number of nitrogens with one attached hydrogen (secondary N) is 1. The summed E-state index contributed by atoms with van der Waals surface area (Å²) in [5.41, 5.74) is 0. The third kappa shape index (κ3) is 3.44. The van der Waals surface area contributed by atoms with Crippen LogP contribution in [0.4, 0.5) is 0 Å². The Labute approximate surface area is 105 Å². The topological polar surface area (TPSA) is 32.3 Å². The molecule has 1 N–H and O–H groups in total. The second-order valence-corrected chi connectivity index (χ2v) is 5.97. The van der Waals surface area contributed by atoms with Crippen molar-refractivity contribution in [3.8, 4) is 0 Å². The standard InChI is InChI=1S/C14H26N2O/c1-11(2)15-9-14(17)16-8-7-12-5-3-4-6-13(12)10-16/h11-13,15H,3-10H2,1-2H3. The molecule has 1 amide bonds. The molecule has 2 atom stereocenters. The lowest BCUT2D eigenvalue weighted by Crippen LogP contribution is -2.48. The number of carbonyl (C=O) groups excluding carboxylic acids is 1. The van der Waals surface area contributed by atoms with Gasteiger partial charge in [-0.3, -0.25) is 4.79 Å². The molecule has 2 aliphatic rings. The predicted molar refractivity (Wildman–Crippen MR) is 69.8 cm³/mol. The molecule has 3 nitrogen and oxygen atoms in total. The Morgan fingerprint density at radius 2 is 1.94 bits per heavy atom. The lowest BCUT2D eigenvalue weighted by Gasteiger charge is -2.41. The van der Waals surface area contributed by atoms with Gasteiger partial charge >= 0.3 is 0 Å². The Morgan fingerprint density at radius 3 is 2.65 bits per heavy atom. The van der Waals surface area contributed by atoms with Crippen LogP contribution in [0.15, 0.2) is 0 Å². The number of hydrogen-bond acceptors (Lipinski definition) is 2. The van der Waals surface area contributed by atoms with E-state index in [9.17, 15) is 4.79 Å². The number of amides is 1. The summed E-state index contributed by atoms with van der Waals surface area (Å²) in [4.78, 5) is 14.1. The average molecular weight is 238 g/mol. The first-order valence-corrected chi connectivity index (χ1v) is 7.18. The Balaban J connectivity index is 1.80. The molecule has 17 heavy (non-hydrogen) atoms. The number of carbonyl (C=O) groups is 1. The number of hydrogen-bond donors (Lipinski definition) is 1. The molecule has 1 saturated carbocycles. The van der Waals surface area contributed by atoms with Gasteiger partial charge in [-0.25, -0.2) is 0 Å². The minimum Gasteiger partial charge on any atom is -0.341 e. The van der Waals surface area contributed by atoms with Crippen molar-refractivity contribution in [2.45, 2.75) is 52.0 Å². The molecule has 0 aromatic heterocycles. The second kappa shape index (κ2) is 5.85. The monoisotopic (exact) mass is 238 g/mol. The zero-order valence-electron chi connectivity index (χ0n) is 11.2. The van der Waals surface area contributed by atoms with E-state index < -0.39 is 0 Å². The van der Waals surface area contributed by atoms with Crippen molar-refractivity contribution in [1.82, 2.24) is 10.2 Å². The summed E-state index contributed by atoms with van der Waals surface area (Å²) in [6.07, 6.45) is 6.75. The molecule has 0 spiro atoms. The van der Waals surface area contributed by atoms with Gasteiger partial charge in [-0.2, -0.15) is 0 Å². The van der Waals surface area contributed by atoms with Gasteiger partial charge in [0.05, 0.1) is 6.54 Å². The fourth-order valence-electron chi connectivity index (χ4n) is 3.23. The van der Waals surface area contributed by atoms with E-state index in [1.807, 2.05) is 0 Å². The van der Waals surface area contributed by atoms with Crippen LogP contribution in [-0.4, -0.2) is 36.5 Å². The van der Waals surface area contributed by atoms with Gasteiger partial charge in [-0.05, 0) is 24.7 Å². The van der Waals surface area contributed by atoms with E-state index in [0.717, 1.165) is 24.9 Å². The molecule has 3 heteroatoms. The Hall–Kier alpha value is -0.570. The first kappa shape index (κ1) is 12.9. The van der Waals surface area contributed by atoms with E-state index in [-0.39, 0.29) is 0 Å². The number of piperidine rings is 1. The maximum atomic E-state index is 12.0. The van der Waals surface area contributed by atoms with Crippen LogP contribution >= 0.6 is 0 Å². The highest BCUT2D eigenvalue weighted by molar-refractivity contribution is 5.78. The summed E-state index contributed by atoms with van der Waals surface area (Å²) >= 11 is 0. The smallest absolute Gasteiger partial charge is 0.236 e. The number of rotatable bonds is 3. The quantitative estimate of drug-likeness (QED) is 0.816. The minimum atomic E-state index is 0.294. The molecule has 98 valence electrons. The first-order valence-electron chi connectivity index (χ1n) is 7.18. The molecule has 2 rings (SSSR count). The van der Waals surface area contributed by atoms with Gasteiger partial charge in [0.25, 0.3) is 0 Å². The Bertz CT molecular complexity index is 265. The molecule has 1 saturated heterocycles. The van der Waals surface area contributed by atoms with Crippen molar-refractivity contribution < 1.29 is 4.79 Å². The van der Waals surface area contributed by atoms with Crippen molar-refractivity contribution in [3.63, 3.8) is 0 Å². The molecule has 0 radical (unpaired) electrons. The fraction of sp³-hybridized carbons (Fsp3) is 0.929. The van der Waals surface area contributed by atoms with Crippen LogP contribution < -0.4 is 5.32 Å². The molecule has 0 aromatic rings. The third-order valence-corrected chi connectivity index (χ3v) is 4.31. The Morgan fingerprint density at radius 1 is 1.24 bits per heavy atom. The lowest BCUT2D eigenvalue weighted by molar-refractivity contribution is -0.133. The Kier molecular flexibility index (Phi) is 4.43. The van der Waals surface area contributed by atoms with E-state index in [1.165, 1.54) is 32.1 Å². The van der Waals surface area contributed by atoms with E-state index in [0.29, 0.717) is 18.5 Å². The fourth-order valence-corrected chi connectivity index (χ4v) is 3.23. The van der Waals surface area contributed by atoms with Crippen LogP contribution in [-0.2, 0) is 4.79 Å². The molecule has 2 unspecified atom stereocenters. The highest BCUT2D eigenvalue weighted by Gasteiger charge is 2.32. The van der Waals surface area contributed by atoms with Crippen molar-refractivity contribution in [1.29, 1.82) is 0 Å². The molecule has 1 heterocycles. The lowest BCUT2D eigenvalue weighted by atomic mass is 9.75. The first-order chi connectivity index (χ1) is 8.16. The molecule has 0 aromatic carbocycles. The van der Waals surface area contributed by atoms with Crippen LogP contribution in [0, 0.1) is 11.8 Å². The largest absolute Gasteiger partial charge is 0.341 e. The van der Waals surface area contributed by atoms with Gasteiger partial charge in [0.2, 0.25) is 5.91 Å². The highest BCUT2D eigenvalue weighted by Crippen LogP contribution is 2.35. The summed E-state index contributed by atoms with van der Waals surface area (Å²) in [6, 6.07) is 0.395. The zero-order chi connectivity index (χ0) is 12.3. The van der Waals surface area contributed by atoms with Crippen LogP contribution in [0.5, 0.6) is 0 Å². The summed E-state index contributed by atoms with van der Waals surface area (Å²) in [7, 11) is 0. The molecule has 2 fully saturated rings.